The molecular formula is C25H28N2O6. The summed E-state index contributed by atoms with van der Waals surface area (Å²) in [6.07, 6.45) is 1.18. The molecule has 0 spiro atoms. The standard InChI is InChI=1S/C25H28N2O6/c1-2-31-20-6-3-18(4-7-20)25(30)26-16-23(28)27-11-9-17(10-12-27)24(29)19-5-8-21-22(15-19)33-14-13-32-21/h3-8,15,17H,2,9-14,16H2,1H3,(H,26,30). The molecule has 2 heterocycles. The van der Waals surface area contributed by atoms with Gasteiger partial charge in [-0.2, -0.15) is 0 Å². The van der Waals surface area contributed by atoms with Crippen molar-refractivity contribution in [1.29, 1.82) is 0 Å². The van der Waals surface area contributed by atoms with Gasteiger partial charge in [-0.3, -0.25) is 14.4 Å². The molecule has 174 valence electrons. The molecule has 1 N–H and O–H groups in total. The average Bonchev–Trinajstić information content (AvgIpc) is 2.87. The van der Waals surface area contributed by atoms with Gasteiger partial charge in [0.25, 0.3) is 5.91 Å². The van der Waals surface area contributed by atoms with Crippen molar-refractivity contribution >= 4 is 17.6 Å². The van der Waals surface area contributed by atoms with E-state index in [1.807, 2.05) is 6.92 Å². The zero-order valence-corrected chi connectivity index (χ0v) is 18.7. The number of ether oxygens (including phenoxy) is 3. The van der Waals surface area contributed by atoms with Crippen molar-refractivity contribution in [2.24, 2.45) is 5.92 Å². The molecule has 2 aliphatic heterocycles. The van der Waals surface area contributed by atoms with E-state index in [2.05, 4.69) is 5.32 Å². The highest BCUT2D eigenvalue weighted by atomic mass is 16.6. The summed E-state index contributed by atoms with van der Waals surface area (Å²) in [6, 6.07) is 12.1. The Morgan fingerprint density at radius 1 is 0.970 bits per heavy atom. The third-order valence-electron chi connectivity index (χ3n) is 5.87. The second-order valence-electron chi connectivity index (χ2n) is 8.02. The maximum absolute atomic E-state index is 12.9. The van der Waals surface area contributed by atoms with Gasteiger partial charge in [0.15, 0.2) is 17.3 Å². The molecule has 1 saturated heterocycles. The van der Waals surface area contributed by atoms with Crippen LogP contribution in [0.4, 0.5) is 0 Å². The Morgan fingerprint density at radius 3 is 2.33 bits per heavy atom. The third-order valence-corrected chi connectivity index (χ3v) is 5.87. The van der Waals surface area contributed by atoms with Crippen LogP contribution in [0.15, 0.2) is 42.5 Å². The zero-order valence-electron chi connectivity index (χ0n) is 18.7. The number of Topliss-reactive ketones (excluding diaryl/α,β-unsaturated/α-hetero) is 1. The minimum Gasteiger partial charge on any atom is -0.494 e. The SMILES string of the molecule is CCOc1ccc(C(=O)NCC(=O)N2CCC(C(=O)c3ccc4c(c3)OCCO4)CC2)cc1. The lowest BCUT2D eigenvalue weighted by Crippen LogP contribution is -2.45. The first-order chi connectivity index (χ1) is 16.0. The predicted octanol–water partition coefficient (Wildman–Crippen LogP) is 2.71. The number of carbonyl (C=O) groups excluding carboxylic acids is 3. The highest BCUT2D eigenvalue weighted by Crippen LogP contribution is 2.32. The first-order valence-corrected chi connectivity index (χ1v) is 11.3. The molecule has 8 nitrogen and oxygen atoms in total. The Hall–Kier alpha value is -3.55. The van der Waals surface area contributed by atoms with Gasteiger partial charge in [-0.05, 0) is 62.2 Å². The van der Waals surface area contributed by atoms with Crippen LogP contribution in [-0.4, -0.2) is 62.0 Å². The molecule has 0 aromatic heterocycles. The van der Waals surface area contributed by atoms with Gasteiger partial charge in [0, 0.05) is 30.1 Å². The van der Waals surface area contributed by atoms with E-state index in [1.165, 1.54) is 0 Å². The number of rotatable bonds is 7. The molecule has 8 heteroatoms. The van der Waals surface area contributed by atoms with Gasteiger partial charge in [0.2, 0.25) is 5.91 Å². The normalized spacial score (nSPS) is 15.6. The fourth-order valence-electron chi connectivity index (χ4n) is 4.06. The molecule has 0 unspecified atom stereocenters. The second kappa shape index (κ2) is 10.4. The van der Waals surface area contributed by atoms with Crippen molar-refractivity contribution < 1.29 is 28.6 Å². The van der Waals surface area contributed by atoms with E-state index >= 15 is 0 Å². The smallest absolute Gasteiger partial charge is 0.251 e. The van der Waals surface area contributed by atoms with Gasteiger partial charge in [-0.15, -0.1) is 0 Å². The molecule has 0 saturated carbocycles. The summed E-state index contributed by atoms with van der Waals surface area (Å²) in [7, 11) is 0. The summed E-state index contributed by atoms with van der Waals surface area (Å²) in [4.78, 5) is 39.5. The number of amides is 2. The largest absolute Gasteiger partial charge is 0.494 e. The van der Waals surface area contributed by atoms with Crippen molar-refractivity contribution in [3.63, 3.8) is 0 Å². The minimum atomic E-state index is -0.310. The number of likely N-dealkylation sites (tertiary alicyclic amines) is 1. The Bertz CT molecular complexity index is 1010. The van der Waals surface area contributed by atoms with Crippen LogP contribution in [-0.2, 0) is 4.79 Å². The third kappa shape index (κ3) is 5.45. The van der Waals surface area contributed by atoms with E-state index in [4.69, 9.17) is 14.2 Å². The summed E-state index contributed by atoms with van der Waals surface area (Å²) in [6.45, 7) is 4.32. The Labute approximate surface area is 192 Å². The maximum Gasteiger partial charge on any atom is 0.251 e. The number of nitrogens with zero attached hydrogens (tertiary/aromatic N) is 1. The van der Waals surface area contributed by atoms with E-state index in [0.29, 0.717) is 74.1 Å². The summed E-state index contributed by atoms with van der Waals surface area (Å²) in [5.41, 5.74) is 1.07. The van der Waals surface area contributed by atoms with Gasteiger partial charge < -0.3 is 24.4 Å². The first kappa shape index (κ1) is 22.6. The number of nitrogens with one attached hydrogen (secondary N) is 1. The van der Waals surface area contributed by atoms with Crippen LogP contribution in [0.3, 0.4) is 0 Å². The van der Waals surface area contributed by atoms with E-state index in [-0.39, 0.29) is 30.1 Å². The average molecular weight is 453 g/mol. The van der Waals surface area contributed by atoms with E-state index in [9.17, 15) is 14.4 Å². The topological polar surface area (TPSA) is 94.2 Å². The van der Waals surface area contributed by atoms with E-state index < -0.39 is 0 Å². The highest BCUT2D eigenvalue weighted by Gasteiger charge is 2.29. The lowest BCUT2D eigenvalue weighted by atomic mass is 9.88. The van der Waals surface area contributed by atoms with Crippen LogP contribution in [0.5, 0.6) is 17.2 Å². The molecule has 2 amide bonds. The van der Waals surface area contributed by atoms with Gasteiger partial charge in [-0.1, -0.05) is 0 Å². The number of ketones is 1. The first-order valence-electron chi connectivity index (χ1n) is 11.3. The quantitative estimate of drug-likeness (QED) is 0.650. The fourth-order valence-corrected chi connectivity index (χ4v) is 4.06. The number of benzene rings is 2. The zero-order chi connectivity index (χ0) is 23.2. The molecule has 4 rings (SSSR count). The summed E-state index contributed by atoms with van der Waals surface area (Å²) >= 11 is 0. The lowest BCUT2D eigenvalue weighted by molar-refractivity contribution is -0.131. The predicted molar refractivity (Wildman–Crippen MR) is 121 cm³/mol. The van der Waals surface area contributed by atoms with Crippen LogP contribution < -0.4 is 19.5 Å². The van der Waals surface area contributed by atoms with Crippen LogP contribution >= 0.6 is 0 Å². The van der Waals surface area contributed by atoms with Crippen LogP contribution in [0.2, 0.25) is 0 Å². The fraction of sp³-hybridized carbons (Fsp3) is 0.400. The van der Waals surface area contributed by atoms with E-state index in [1.54, 1.807) is 47.4 Å². The molecule has 2 aliphatic rings. The highest BCUT2D eigenvalue weighted by molar-refractivity contribution is 5.99. The molecule has 0 radical (unpaired) electrons. The van der Waals surface area contributed by atoms with Crippen LogP contribution in [0.1, 0.15) is 40.5 Å². The van der Waals surface area contributed by atoms with Crippen LogP contribution in [0.25, 0.3) is 0 Å². The number of hydrogen-bond donors (Lipinski definition) is 1. The molecule has 2 aromatic rings. The summed E-state index contributed by atoms with van der Waals surface area (Å²) in [5.74, 6) is 1.40. The van der Waals surface area contributed by atoms with Crippen molar-refractivity contribution in [2.75, 3.05) is 39.5 Å². The number of carbonyl (C=O) groups is 3. The summed E-state index contributed by atoms with van der Waals surface area (Å²) in [5, 5.41) is 2.67. The number of hydrogen-bond acceptors (Lipinski definition) is 6. The Morgan fingerprint density at radius 2 is 1.64 bits per heavy atom. The lowest BCUT2D eigenvalue weighted by Gasteiger charge is -2.31. The van der Waals surface area contributed by atoms with Crippen LogP contribution in [0, 0.1) is 5.92 Å². The molecular weight excluding hydrogens is 424 g/mol. The van der Waals surface area contributed by atoms with Crippen molar-refractivity contribution in [3.05, 3.63) is 53.6 Å². The van der Waals surface area contributed by atoms with Gasteiger partial charge >= 0.3 is 0 Å². The number of fused-ring (bicyclic) bond motifs is 1. The molecule has 1 fully saturated rings. The molecule has 0 atom stereocenters. The maximum atomic E-state index is 12.9. The van der Waals surface area contributed by atoms with E-state index in [0.717, 1.165) is 0 Å². The van der Waals surface area contributed by atoms with Crippen molar-refractivity contribution in [2.45, 2.75) is 19.8 Å². The Balaban J connectivity index is 1.25. The molecule has 0 aliphatic carbocycles. The van der Waals surface area contributed by atoms with Gasteiger partial charge in [0.1, 0.15) is 19.0 Å². The molecule has 0 bridgehead atoms. The number of piperidine rings is 1. The molecule has 2 aromatic carbocycles. The second-order valence-corrected chi connectivity index (χ2v) is 8.02. The van der Waals surface area contributed by atoms with Crippen molar-refractivity contribution in [1.82, 2.24) is 10.2 Å². The van der Waals surface area contributed by atoms with Crippen molar-refractivity contribution in [3.8, 4) is 17.2 Å². The van der Waals surface area contributed by atoms with Gasteiger partial charge in [-0.25, -0.2) is 0 Å². The molecule has 33 heavy (non-hydrogen) atoms. The monoisotopic (exact) mass is 452 g/mol. The minimum absolute atomic E-state index is 0.0582. The Kier molecular flexibility index (Phi) is 7.12. The van der Waals surface area contributed by atoms with Gasteiger partial charge in [0.05, 0.1) is 13.2 Å². The summed E-state index contributed by atoms with van der Waals surface area (Å²) < 4.78 is 16.5.